The van der Waals surface area contributed by atoms with Gasteiger partial charge in [-0.05, 0) is 28.1 Å². The first kappa shape index (κ1) is 21.3. The molecule has 1 N–H and O–H groups in total. The highest BCUT2D eigenvalue weighted by molar-refractivity contribution is 7.08. The van der Waals surface area contributed by atoms with Gasteiger partial charge < -0.3 is 10.2 Å². The predicted octanol–water partition coefficient (Wildman–Crippen LogP) is 3.53. The van der Waals surface area contributed by atoms with Gasteiger partial charge in [-0.3, -0.25) is 14.5 Å². The van der Waals surface area contributed by atoms with E-state index in [9.17, 15) is 9.59 Å². The maximum Gasteiger partial charge on any atom is 0.252 e. The molecular formula is C25H27N3O2S. The van der Waals surface area contributed by atoms with Crippen LogP contribution in [-0.4, -0.2) is 60.9 Å². The number of benzene rings is 2. The standard InChI is InChI=1S/C25H27N3O2S/c29-24(18-20-6-8-22(9-7-20)21-4-2-1-3-5-21)28-15-13-27(14-16-28)12-11-26-25(30)23-10-17-31-19-23/h1-10,17,19H,11-16,18H2,(H,26,30). The summed E-state index contributed by atoms with van der Waals surface area (Å²) in [4.78, 5) is 29.0. The van der Waals surface area contributed by atoms with Crippen molar-refractivity contribution in [2.24, 2.45) is 0 Å². The Bertz CT molecular complexity index is 979. The molecule has 160 valence electrons. The molecule has 0 spiro atoms. The van der Waals surface area contributed by atoms with E-state index in [0.29, 0.717) is 13.0 Å². The predicted molar refractivity (Wildman–Crippen MR) is 125 cm³/mol. The van der Waals surface area contributed by atoms with Gasteiger partial charge in [0.15, 0.2) is 0 Å². The zero-order valence-electron chi connectivity index (χ0n) is 17.5. The first-order chi connectivity index (χ1) is 15.2. The Morgan fingerprint density at radius 1 is 0.871 bits per heavy atom. The van der Waals surface area contributed by atoms with Crippen molar-refractivity contribution in [1.29, 1.82) is 0 Å². The number of nitrogens with zero attached hydrogens (tertiary/aromatic N) is 2. The Morgan fingerprint density at radius 2 is 1.58 bits per heavy atom. The zero-order valence-corrected chi connectivity index (χ0v) is 18.3. The largest absolute Gasteiger partial charge is 0.351 e. The highest BCUT2D eigenvalue weighted by atomic mass is 32.1. The maximum absolute atomic E-state index is 12.7. The van der Waals surface area contributed by atoms with Crippen LogP contribution in [0.4, 0.5) is 0 Å². The van der Waals surface area contributed by atoms with E-state index in [-0.39, 0.29) is 11.8 Å². The first-order valence-corrected chi connectivity index (χ1v) is 11.6. The normalized spacial score (nSPS) is 14.4. The molecule has 4 rings (SSSR count). The van der Waals surface area contributed by atoms with E-state index in [0.717, 1.165) is 49.4 Å². The summed E-state index contributed by atoms with van der Waals surface area (Å²) in [6.07, 6.45) is 0.436. The number of carbonyl (C=O) groups excluding carboxylic acids is 2. The summed E-state index contributed by atoms with van der Waals surface area (Å²) >= 11 is 1.52. The fraction of sp³-hybridized carbons (Fsp3) is 0.280. The molecule has 0 aliphatic carbocycles. The third-order valence-corrected chi connectivity index (χ3v) is 6.32. The molecule has 1 aliphatic rings. The molecule has 2 aromatic carbocycles. The molecule has 0 bridgehead atoms. The van der Waals surface area contributed by atoms with Crippen LogP contribution in [0.15, 0.2) is 71.4 Å². The van der Waals surface area contributed by atoms with Crippen LogP contribution in [0, 0.1) is 0 Å². The van der Waals surface area contributed by atoms with Gasteiger partial charge in [-0.15, -0.1) is 0 Å². The highest BCUT2D eigenvalue weighted by Crippen LogP contribution is 2.19. The number of carbonyl (C=O) groups is 2. The van der Waals surface area contributed by atoms with Crippen molar-refractivity contribution < 1.29 is 9.59 Å². The van der Waals surface area contributed by atoms with Crippen molar-refractivity contribution in [3.05, 3.63) is 82.6 Å². The lowest BCUT2D eigenvalue weighted by atomic mass is 10.0. The molecule has 1 fully saturated rings. The summed E-state index contributed by atoms with van der Waals surface area (Å²) in [6.45, 7) is 4.58. The van der Waals surface area contributed by atoms with Gasteiger partial charge in [0.1, 0.15) is 0 Å². The van der Waals surface area contributed by atoms with Crippen molar-refractivity contribution in [3.63, 3.8) is 0 Å². The molecule has 2 heterocycles. The molecule has 31 heavy (non-hydrogen) atoms. The fourth-order valence-electron chi connectivity index (χ4n) is 3.78. The molecule has 1 aromatic heterocycles. The minimum Gasteiger partial charge on any atom is -0.351 e. The minimum atomic E-state index is -0.0200. The Balaban J connectivity index is 1.19. The van der Waals surface area contributed by atoms with Gasteiger partial charge in [-0.25, -0.2) is 0 Å². The lowest BCUT2D eigenvalue weighted by Gasteiger charge is -2.34. The molecule has 1 saturated heterocycles. The van der Waals surface area contributed by atoms with Gasteiger partial charge in [0, 0.05) is 50.2 Å². The molecule has 1 aliphatic heterocycles. The molecule has 0 unspecified atom stereocenters. The van der Waals surface area contributed by atoms with Crippen LogP contribution >= 0.6 is 11.3 Å². The lowest BCUT2D eigenvalue weighted by Crippen LogP contribution is -2.50. The van der Waals surface area contributed by atoms with Gasteiger partial charge >= 0.3 is 0 Å². The summed E-state index contributed by atoms with van der Waals surface area (Å²) < 4.78 is 0. The molecule has 6 heteroatoms. The third-order valence-electron chi connectivity index (χ3n) is 5.64. The molecule has 5 nitrogen and oxygen atoms in total. The van der Waals surface area contributed by atoms with Crippen molar-refractivity contribution in [2.45, 2.75) is 6.42 Å². The number of hydrogen-bond acceptors (Lipinski definition) is 4. The monoisotopic (exact) mass is 433 g/mol. The van der Waals surface area contributed by atoms with Crippen LogP contribution in [0.1, 0.15) is 15.9 Å². The van der Waals surface area contributed by atoms with E-state index >= 15 is 0 Å². The van der Waals surface area contributed by atoms with Crippen molar-refractivity contribution in [3.8, 4) is 11.1 Å². The lowest BCUT2D eigenvalue weighted by molar-refractivity contribution is -0.132. The number of rotatable bonds is 7. The van der Waals surface area contributed by atoms with E-state index in [4.69, 9.17) is 0 Å². The van der Waals surface area contributed by atoms with Gasteiger partial charge in [0.05, 0.1) is 6.42 Å². The molecule has 0 radical (unpaired) electrons. The molecule has 0 atom stereocenters. The van der Waals surface area contributed by atoms with Gasteiger partial charge in [-0.1, -0.05) is 54.6 Å². The van der Waals surface area contributed by atoms with Gasteiger partial charge in [0.25, 0.3) is 5.91 Å². The van der Waals surface area contributed by atoms with Crippen LogP contribution in [0.25, 0.3) is 11.1 Å². The van der Waals surface area contributed by atoms with E-state index in [1.54, 1.807) is 0 Å². The summed E-state index contributed by atoms with van der Waals surface area (Å²) in [6, 6.07) is 20.4. The zero-order chi connectivity index (χ0) is 21.5. The summed E-state index contributed by atoms with van der Waals surface area (Å²) in [5.41, 5.74) is 4.11. The Kier molecular flexibility index (Phi) is 7.12. The van der Waals surface area contributed by atoms with Crippen molar-refractivity contribution in [2.75, 3.05) is 39.3 Å². The van der Waals surface area contributed by atoms with Crippen LogP contribution in [-0.2, 0) is 11.2 Å². The molecule has 0 saturated carbocycles. The summed E-state index contributed by atoms with van der Waals surface area (Å²) in [5, 5.41) is 6.72. The van der Waals surface area contributed by atoms with Crippen LogP contribution in [0.5, 0.6) is 0 Å². The van der Waals surface area contributed by atoms with Crippen LogP contribution in [0.3, 0.4) is 0 Å². The second kappa shape index (κ2) is 10.4. The number of amides is 2. The van der Waals surface area contributed by atoms with Gasteiger partial charge in [0.2, 0.25) is 5.91 Å². The molecule has 2 amide bonds. The smallest absolute Gasteiger partial charge is 0.252 e. The Hall–Kier alpha value is -2.96. The first-order valence-electron chi connectivity index (χ1n) is 10.6. The Labute approximate surface area is 187 Å². The topological polar surface area (TPSA) is 52.7 Å². The van der Waals surface area contributed by atoms with E-state index in [1.165, 1.54) is 16.9 Å². The average molecular weight is 434 g/mol. The highest BCUT2D eigenvalue weighted by Gasteiger charge is 2.21. The second-order valence-electron chi connectivity index (χ2n) is 7.73. The quantitative estimate of drug-likeness (QED) is 0.620. The van der Waals surface area contributed by atoms with Gasteiger partial charge in [-0.2, -0.15) is 11.3 Å². The summed E-state index contributed by atoms with van der Waals surface area (Å²) in [7, 11) is 0. The molecule has 3 aromatic rings. The Morgan fingerprint density at radius 3 is 2.26 bits per heavy atom. The summed E-state index contributed by atoms with van der Waals surface area (Å²) in [5.74, 6) is 0.159. The van der Waals surface area contributed by atoms with Crippen molar-refractivity contribution in [1.82, 2.24) is 15.1 Å². The maximum atomic E-state index is 12.7. The number of piperazine rings is 1. The number of thiophene rings is 1. The third kappa shape index (κ3) is 5.81. The number of nitrogens with one attached hydrogen (secondary N) is 1. The number of hydrogen-bond donors (Lipinski definition) is 1. The molecular weight excluding hydrogens is 406 g/mol. The fourth-order valence-corrected chi connectivity index (χ4v) is 4.41. The van der Waals surface area contributed by atoms with Crippen LogP contribution < -0.4 is 5.32 Å². The van der Waals surface area contributed by atoms with E-state index in [1.807, 2.05) is 52.1 Å². The van der Waals surface area contributed by atoms with E-state index in [2.05, 4.69) is 34.5 Å². The average Bonchev–Trinajstić information content (AvgIpc) is 3.36. The van der Waals surface area contributed by atoms with Crippen LogP contribution in [0.2, 0.25) is 0 Å². The van der Waals surface area contributed by atoms with Crippen molar-refractivity contribution >= 4 is 23.2 Å². The second-order valence-corrected chi connectivity index (χ2v) is 8.51. The van der Waals surface area contributed by atoms with E-state index < -0.39 is 0 Å². The minimum absolute atomic E-state index is 0.0200. The SMILES string of the molecule is O=C(NCCN1CCN(C(=O)Cc2ccc(-c3ccccc3)cc2)CC1)c1ccsc1.